The van der Waals surface area contributed by atoms with Crippen LogP contribution in [0, 0.1) is 11.3 Å². The first-order valence-corrected chi connectivity index (χ1v) is 5.92. The van der Waals surface area contributed by atoms with E-state index in [1.807, 2.05) is 38.1 Å². The molecule has 3 nitrogen and oxygen atoms in total. The summed E-state index contributed by atoms with van der Waals surface area (Å²) in [6, 6.07) is 7.75. The Labute approximate surface area is 103 Å². The number of methoxy groups -OCH3 is 1. The molecule has 0 saturated heterocycles. The van der Waals surface area contributed by atoms with E-state index in [1.165, 1.54) is 0 Å². The van der Waals surface area contributed by atoms with Crippen molar-refractivity contribution in [1.29, 1.82) is 0 Å². The predicted molar refractivity (Wildman–Crippen MR) is 68.1 cm³/mol. The van der Waals surface area contributed by atoms with Gasteiger partial charge in [0.2, 0.25) is 0 Å². The molecule has 3 heteroatoms. The minimum absolute atomic E-state index is 0.0155. The summed E-state index contributed by atoms with van der Waals surface area (Å²) < 4.78 is 5.17. The van der Waals surface area contributed by atoms with Crippen LogP contribution in [0.3, 0.4) is 0 Å². The Balaban J connectivity index is 2.93. The average Bonchev–Trinajstić information content (AvgIpc) is 2.36. The van der Waals surface area contributed by atoms with Crippen molar-refractivity contribution in [2.24, 2.45) is 11.3 Å². The van der Waals surface area contributed by atoms with Crippen LogP contribution in [0.1, 0.15) is 19.4 Å². The quantitative estimate of drug-likeness (QED) is 0.795. The van der Waals surface area contributed by atoms with Crippen LogP contribution in [0.25, 0.3) is 0 Å². The molecule has 0 amide bonds. The van der Waals surface area contributed by atoms with Crippen LogP contribution in [0.2, 0.25) is 0 Å². The smallest absolute Gasteiger partial charge is 0.119 e. The molecule has 0 fully saturated rings. The zero-order chi connectivity index (χ0) is 12.9. The second-order valence-corrected chi connectivity index (χ2v) is 4.86. The Morgan fingerprint density at radius 3 is 2.35 bits per heavy atom. The summed E-state index contributed by atoms with van der Waals surface area (Å²) in [6.07, 6.45) is 0.648. The van der Waals surface area contributed by atoms with Gasteiger partial charge >= 0.3 is 0 Å². The first-order valence-electron chi connectivity index (χ1n) is 5.92. The number of ether oxygens (including phenoxy) is 1. The molecular weight excluding hydrogens is 216 g/mol. The summed E-state index contributed by atoms with van der Waals surface area (Å²) in [5.41, 5.74) is 0.605. The molecule has 0 atom stereocenters. The maximum Gasteiger partial charge on any atom is 0.119 e. The van der Waals surface area contributed by atoms with Crippen LogP contribution in [-0.2, 0) is 6.42 Å². The zero-order valence-corrected chi connectivity index (χ0v) is 10.8. The van der Waals surface area contributed by atoms with Crippen molar-refractivity contribution in [3.63, 3.8) is 0 Å². The second kappa shape index (κ2) is 6.03. The molecule has 0 radical (unpaired) electrons. The zero-order valence-electron chi connectivity index (χ0n) is 10.8. The fraction of sp³-hybridized carbons (Fsp3) is 0.571. The number of aliphatic hydroxyl groups excluding tert-OH is 2. The summed E-state index contributed by atoms with van der Waals surface area (Å²) >= 11 is 0. The molecule has 0 heterocycles. The maximum atomic E-state index is 9.54. The Morgan fingerprint density at radius 2 is 1.88 bits per heavy atom. The van der Waals surface area contributed by atoms with E-state index in [4.69, 9.17) is 4.74 Å². The first kappa shape index (κ1) is 14.0. The summed E-state index contributed by atoms with van der Waals surface area (Å²) in [4.78, 5) is 0. The average molecular weight is 238 g/mol. The van der Waals surface area contributed by atoms with Gasteiger partial charge in [0.1, 0.15) is 5.75 Å². The number of benzene rings is 1. The molecule has 0 spiro atoms. The standard InChI is InChI=1S/C14H22O3/c1-11(2)14(9-15,10-16)8-12-5-4-6-13(7-12)17-3/h4-7,11,15-16H,8-10H2,1-3H3. The van der Waals surface area contributed by atoms with E-state index in [1.54, 1.807) is 7.11 Å². The molecule has 0 bridgehead atoms. The van der Waals surface area contributed by atoms with Gasteiger partial charge in [-0.3, -0.25) is 0 Å². The molecule has 0 unspecified atom stereocenters. The molecule has 2 N–H and O–H groups in total. The highest BCUT2D eigenvalue weighted by atomic mass is 16.5. The van der Waals surface area contributed by atoms with Gasteiger partial charge in [-0.15, -0.1) is 0 Å². The number of hydrogen-bond donors (Lipinski definition) is 2. The number of rotatable bonds is 6. The van der Waals surface area contributed by atoms with Gasteiger partial charge in [0.15, 0.2) is 0 Å². The molecule has 96 valence electrons. The highest BCUT2D eigenvalue weighted by Gasteiger charge is 2.32. The molecule has 1 aromatic carbocycles. The Hall–Kier alpha value is -1.06. The van der Waals surface area contributed by atoms with Crippen molar-refractivity contribution in [2.45, 2.75) is 20.3 Å². The molecule has 0 aliphatic rings. The molecule has 0 aliphatic heterocycles. The maximum absolute atomic E-state index is 9.54. The Kier molecular flexibility index (Phi) is 4.97. The third-order valence-corrected chi connectivity index (χ3v) is 3.54. The number of aliphatic hydroxyl groups is 2. The lowest BCUT2D eigenvalue weighted by Gasteiger charge is -2.34. The van der Waals surface area contributed by atoms with E-state index in [0.29, 0.717) is 6.42 Å². The van der Waals surface area contributed by atoms with Gasteiger partial charge < -0.3 is 14.9 Å². The van der Waals surface area contributed by atoms with E-state index in [9.17, 15) is 10.2 Å². The molecule has 1 aromatic rings. The highest BCUT2D eigenvalue weighted by Crippen LogP contribution is 2.31. The fourth-order valence-corrected chi connectivity index (χ4v) is 1.92. The lowest BCUT2D eigenvalue weighted by atomic mass is 9.74. The van der Waals surface area contributed by atoms with Crippen LogP contribution < -0.4 is 4.74 Å². The van der Waals surface area contributed by atoms with E-state index in [2.05, 4.69) is 0 Å². The van der Waals surface area contributed by atoms with Gasteiger partial charge in [-0.2, -0.15) is 0 Å². The molecule has 17 heavy (non-hydrogen) atoms. The van der Waals surface area contributed by atoms with Crippen molar-refractivity contribution in [1.82, 2.24) is 0 Å². The van der Waals surface area contributed by atoms with Crippen molar-refractivity contribution in [2.75, 3.05) is 20.3 Å². The number of hydrogen-bond acceptors (Lipinski definition) is 3. The SMILES string of the molecule is COc1cccc(CC(CO)(CO)C(C)C)c1. The molecule has 0 aromatic heterocycles. The topological polar surface area (TPSA) is 49.7 Å². The second-order valence-electron chi connectivity index (χ2n) is 4.86. The van der Waals surface area contributed by atoms with Crippen LogP contribution in [0.5, 0.6) is 5.75 Å². The monoisotopic (exact) mass is 238 g/mol. The third-order valence-electron chi connectivity index (χ3n) is 3.54. The van der Waals surface area contributed by atoms with E-state index in [-0.39, 0.29) is 19.1 Å². The van der Waals surface area contributed by atoms with Crippen LogP contribution in [0.15, 0.2) is 24.3 Å². The van der Waals surface area contributed by atoms with Crippen molar-refractivity contribution in [3.05, 3.63) is 29.8 Å². The van der Waals surface area contributed by atoms with Gasteiger partial charge in [-0.25, -0.2) is 0 Å². The van der Waals surface area contributed by atoms with Gasteiger partial charge in [0.25, 0.3) is 0 Å². The van der Waals surface area contributed by atoms with Gasteiger partial charge in [0, 0.05) is 5.41 Å². The lowest BCUT2D eigenvalue weighted by Crippen LogP contribution is -2.37. The summed E-state index contributed by atoms with van der Waals surface area (Å²) in [7, 11) is 1.63. The molecule has 1 rings (SSSR count). The first-order chi connectivity index (χ1) is 8.07. The highest BCUT2D eigenvalue weighted by molar-refractivity contribution is 5.29. The van der Waals surface area contributed by atoms with Crippen molar-refractivity contribution < 1.29 is 14.9 Å². The summed E-state index contributed by atoms with van der Waals surface area (Å²) in [5.74, 6) is 1.01. The van der Waals surface area contributed by atoms with E-state index in [0.717, 1.165) is 11.3 Å². The van der Waals surface area contributed by atoms with Crippen molar-refractivity contribution in [3.8, 4) is 5.75 Å². The minimum atomic E-state index is -0.466. The van der Waals surface area contributed by atoms with Gasteiger partial charge in [-0.05, 0) is 30.0 Å². The summed E-state index contributed by atoms with van der Waals surface area (Å²) in [5, 5.41) is 19.1. The third kappa shape index (κ3) is 3.20. The molecular formula is C14H22O3. The molecule has 0 saturated carbocycles. The van der Waals surface area contributed by atoms with E-state index >= 15 is 0 Å². The van der Waals surface area contributed by atoms with Crippen LogP contribution >= 0.6 is 0 Å². The van der Waals surface area contributed by atoms with Crippen LogP contribution in [-0.4, -0.2) is 30.5 Å². The molecule has 0 aliphatic carbocycles. The lowest BCUT2D eigenvalue weighted by molar-refractivity contribution is 0.0163. The van der Waals surface area contributed by atoms with Gasteiger partial charge in [-0.1, -0.05) is 26.0 Å². The Bertz CT molecular complexity index is 343. The van der Waals surface area contributed by atoms with Crippen molar-refractivity contribution >= 4 is 0 Å². The van der Waals surface area contributed by atoms with E-state index < -0.39 is 5.41 Å². The largest absolute Gasteiger partial charge is 0.497 e. The van der Waals surface area contributed by atoms with Crippen LogP contribution in [0.4, 0.5) is 0 Å². The fourth-order valence-electron chi connectivity index (χ4n) is 1.92. The minimum Gasteiger partial charge on any atom is -0.497 e. The van der Waals surface area contributed by atoms with Gasteiger partial charge in [0.05, 0.1) is 20.3 Å². The Morgan fingerprint density at radius 1 is 1.24 bits per heavy atom. The predicted octanol–water partition coefficient (Wildman–Crippen LogP) is 1.86. The normalized spacial score (nSPS) is 11.9. The summed E-state index contributed by atoms with van der Waals surface area (Å²) in [6.45, 7) is 4.01.